The third-order valence-corrected chi connectivity index (χ3v) is 9.67. The number of aliphatic hydroxyl groups excluding tert-OH is 2. The molecule has 0 aliphatic carbocycles. The summed E-state index contributed by atoms with van der Waals surface area (Å²) in [5.74, 6) is -1.10. The molecule has 1 heterocycles. The number of carbonyl (C=O) groups is 2. The van der Waals surface area contributed by atoms with Crippen molar-refractivity contribution in [1.29, 1.82) is 0 Å². The van der Waals surface area contributed by atoms with Crippen LogP contribution >= 0.6 is 0 Å². The Morgan fingerprint density at radius 2 is 1.52 bits per heavy atom. The smallest absolute Gasteiger partial charge is 0.303 e. The lowest BCUT2D eigenvalue weighted by molar-refractivity contribution is -0.276. The van der Waals surface area contributed by atoms with E-state index in [1.54, 1.807) is 0 Å². The Kier molecular flexibility index (Phi) is 12.9. The Morgan fingerprint density at radius 3 is 2.20 bits per heavy atom. The molecule has 4 N–H and O–H groups in total. The molecule has 9 heteroatoms. The maximum Gasteiger partial charge on any atom is 0.303 e. The predicted octanol–water partition coefficient (Wildman–Crippen LogP) is 6.56. The van der Waals surface area contributed by atoms with Crippen LogP contribution in [0.2, 0.25) is 0 Å². The van der Waals surface area contributed by atoms with Gasteiger partial charge in [-0.05, 0) is 53.8 Å². The van der Waals surface area contributed by atoms with Crippen LogP contribution in [0.15, 0.2) is 103 Å². The molecule has 0 radical (unpaired) electrons. The first-order chi connectivity index (χ1) is 24.1. The molecule has 9 nitrogen and oxygen atoms in total. The van der Waals surface area contributed by atoms with Gasteiger partial charge in [-0.3, -0.25) is 14.5 Å². The SMILES string of the molecule is C[C@@H]1[C@H](CN(C)[C@@H](C)[C@H](O)c2ccccc2)O[C@H](c2ccc(-c3ccccc3CNC(=O)CCCC(=O)O)cc2)O[C@@H]1c1ccc(CO)cc1. The molecule has 1 amide bonds. The molecule has 264 valence electrons. The second-order valence-electron chi connectivity index (χ2n) is 13.2. The number of carbonyl (C=O) groups excluding carboxylic acids is 1. The molecule has 0 bridgehead atoms. The van der Waals surface area contributed by atoms with Gasteiger partial charge < -0.3 is 30.1 Å². The Morgan fingerprint density at radius 1 is 0.860 bits per heavy atom. The number of nitrogens with zero attached hydrogens (tertiary/aromatic N) is 1. The van der Waals surface area contributed by atoms with Crippen LogP contribution in [0.1, 0.15) is 79.4 Å². The minimum atomic E-state index is -0.909. The molecule has 4 aromatic rings. The van der Waals surface area contributed by atoms with Crippen molar-refractivity contribution >= 4 is 11.9 Å². The Hall–Kier alpha value is -4.38. The summed E-state index contributed by atoms with van der Waals surface area (Å²) >= 11 is 0. The number of amides is 1. The quantitative estimate of drug-likeness (QED) is 0.111. The first kappa shape index (κ1) is 36.9. The highest BCUT2D eigenvalue weighted by molar-refractivity contribution is 5.77. The lowest BCUT2D eigenvalue weighted by Crippen LogP contribution is -2.46. The third kappa shape index (κ3) is 9.44. The van der Waals surface area contributed by atoms with Crippen LogP contribution in [0.4, 0.5) is 0 Å². The summed E-state index contributed by atoms with van der Waals surface area (Å²) in [5.41, 5.74) is 6.48. The average molecular weight is 681 g/mol. The van der Waals surface area contributed by atoms with Crippen LogP contribution in [0.3, 0.4) is 0 Å². The molecule has 1 aliphatic heterocycles. The Labute approximate surface area is 294 Å². The van der Waals surface area contributed by atoms with Gasteiger partial charge in [-0.15, -0.1) is 0 Å². The van der Waals surface area contributed by atoms with Crippen molar-refractivity contribution in [3.05, 3.63) is 131 Å². The summed E-state index contributed by atoms with van der Waals surface area (Å²) in [7, 11) is 2.01. The van der Waals surface area contributed by atoms with Gasteiger partial charge in [0, 0.05) is 43.5 Å². The first-order valence-electron chi connectivity index (χ1n) is 17.2. The van der Waals surface area contributed by atoms with Crippen LogP contribution in [0.25, 0.3) is 11.1 Å². The number of rotatable bonds is 15. The normalized spacial score (nSPS) is 20.3. The summed E-state index contributed by atoms with van der Waals surface area (Å²) in [4.78, 5) is 25.2. The number of likely N-dealkylation sites (N-methyl/N-ethyl adjacent to an activating group) is 1. The van der Waals surface area contributed by atoms with Crippen molar-refractivity contribution in [3.63, 3.8) is 0 Å². The summed E-state index contributed by atoms with van der Waals surface area (Å²) in [5, 5.41) is 32.5. The van der Waals surface area contributed by atoms with Gasteiger partial charge in [-0.25, -0.2) is 0 Å². The molecule has 50 heavy (non-hydrogen) atoms. The number of carboxylic acids is 1. The summed E-state index contributed by atoms with van der Waals surface area (Å²) in [6.07, 6.45) is -1.35. The minimum Gasteiger partial charge on any atom is -0.481 e. The monoisotopic (exact) mass is 680 g/mol. The number of ether oxygens (including phenoxy) is 2. The zero-order chi connectivity index (χ0) is 35.6. The Bertz CT molecular complexity index is 1680. The largest absolute Gasteiger partial charge is 0.481 e. The van der Waals surface area contributed by atoms with E-state index in [0.29, 0.717) is 19.5 Å². The van der Waals surface area contributed by atoms with Gasteiger partial charge in [-0.1, -0.05) is 110 Å². The van der Waals surface area contributed by atoms with Crippen LogP contribution in [0.5, 0.6) is 0 Å². The lowest BCUT2D eigenvalue weighted by Gasteiger charge is -2.43. The van der Waals surface area contributed by atoms with Crippen molar-refractivity contribution in [2.45, 2.75) is 76.9 Å². The van der Waals surface area contributed by atoms with E-state index in [4.69, 9.17) is 14.6 Å². The van der Waals surface area contributed by atoms with Crippen LogP contribution in [0, 0.1) is 5.92 Å². The molecule has 1 fully saturated rings. The fourth-order valence-corrected chi connectivity index (χ4v) is 6.41. The molecule has 1 aliphatic rings. The summed E-state index contributed by atoms with van der Waals surface area (Å²) in [6.45, 7) is 5.02. The van der Waals surface area contributed by atoms with E-state index in [9.17, 15) is 19.8 Å². The van der Waals surface area contributed by atoms with Gasteiger partial charge in [-0.2, -0.15) is 0 Å². The molecule has 5 rings (SSSR count). The minimum absolute atomic E-state index is 0.0137. The standard InChI is InChI=1S/C41H48N2O7/c1-27-36(25-43(3)28(2)39(48)31-10-5-4-6-11-31)49-41(50-40(27)32-18-16-29(26-44)17-19-32)33-22-20-30(21-23-33)35-13-8-7-12-34(35)24-42-37(45)14-9-15-38(46)47/h4-8,10-13,16-23,27-28,36,39-41,44,48H,9,14-15,24-26H2,1-3H3,(H,42,45)(H,46,47)/t27-,28+,36+,39+,40+,41+/m1/s1. The van der Waals surface area contributed by atoms with Gasteiger partial charge >= 0.3 is 5.97 Å². The summed E-state index contributed by atoms with van der Waals surface area (Å²) in [6, 6.07) is 33.3. The highest BCUT2D eigenvalue weighted by Crippen LogP contribution is 2.42. The second-order valence-corrected chi connectivity index (χ2v) is 13.2. The Balaban J connectivity index is 1.33. The zero-order valence-electron chi connectivity index (χ0n) is 28.9. The average Bonchev–Trinajstić information content (AvgIpc) is 3.14. The van der Waals surface area contributed by atoms with Crippen molar-refractivity contribution in [2.24, 2.45) is 5.92 Å². The van der Waals surface area contributed by atoms with E-state index in [-0.39, 0.29) is 49.5 Å². The number of nitrogens with one attached hydrogen (secondary N) is 1. The summed E-state index contributed by atoms with van der Waals surface area (Å²) < 4.78 is 13.4. The number of benzene rings is 4. The molecule has 6 atom stereocenters. The molecular formula is C41H48N2O7. The first-order valence-corrected chi connectivity index (χ1v) is 17.2. The molecule has 4 aromatic carbocycles. The van der Waals surface area contributed by atoms with E-state index in [1.165, 1.54) is 0 Å². The van der Waals surface area contributed by atoms with E-state index >= 15 is 0 Å². The number of aliphatic hydroxyl groups is 2. The van der Waals surface area contributed by atoms with Gasteiger partial charge in [0.15, 0.2) is 6.29 Å². The highest BCUT2D eigenvalue weighted by atomic mass is 16.7. The van der Waals surface area contributed by atoms with Gasteiger partial charge in [0.25, 0.3) is 0 Å². The van der Waals surface area contributed by atoms with Crippen LogP contribution in [-0.4, -0.2) is 57.8 Å². The van der Waals surface area contributed by atoms with E-state index in [2.05, 4.69) is 17.1 Å². The maximum atomic E-state index is 12.3. The van der Waals surface area contributed by atoms with Crippen molar-refractivity contribution < 1.29 is 34.4 Å². The number of hydrogen-bond donors (Lipinski definition) is 4. The van der Waals surface area contributed by atoms with E-state index in [1.807, 2.05) is 117 Å². The zero-order valence-corrected chi connectivity index (χ0v) is 28.9. The fraction of sp³-hybridized carbons (Fsp3) is 0.366. The molecule has 0 saturated carbocycles. The van der Waals surface area contributed by atoms with Gasteiger partial charge in [0.05, 0.1) is 24.9 Å². The van der Waals surface area contributed by atoms with Crippen molar-refractivity contribution in [1.82, 2.24) is 10.2 Å². The van der Waals surface area contributed by atoms with Gasteiger partial charge in [0.1, 0.15) is 0 Å². The predicted molar refractivity (Wildman–Crippen MR) is 192 cm³/mol. The molecule has 1 saturated heterocycles. The molecule has 0 aromatic heterocycles. The van der Waals surface area contributed by atoms with Crippen molar-refractivity contribution in [3.8, 4) is 11.1 Å². The fourth-order valence-electron chi connectivity index (χ4n) is 6.41. The van der Waals surface area contributed by atoms with E-state index in [0.717, 1.165) is 38.9 Å². The number of hydrogen-bond acceptors (Lipinski definition) is 7. The van der Waals surface area contributed by atoms with Crippen LogP contribution < -0.4 is 5.32 Å². The van der Waals surface area contributed by atoms with Crippen molar-refractivity contribution in [2.75, 3.05) is 13.6 Å². The van der Waals surface area contributed by atoms with Gasteiger partial charge in [0.2, 0.25) is 5.91 Å². The lowest BCUT2D eigenvalue weighted by atomic mass is 9.89. The van der Waals surface area contributed by atoms with E-state index < -0.39 is 18.4 Å². The second kappa shape index (κ2) is 17.5. The topological polar surface area (TPSA) is 129 Å². The number of aliphatic carboxylic acids is 1. The molecular weight excluding hydrogens is 632 g/mol. The highest BCUT2D eigenvalue weighted by Gasteiger charge is 2.39. The van der Waals surface area contributed by atoms with Crippen LogP contribution in [-0.2, 0) is 32.2 Å². The molecule has 0 unspecified atom stereocenters. The maximum absolute atomic E-state index is 12.3. The molecule has 0 spiro atoms. The third-order valence-electron chi connectivity index (χ3n) is 9.67. The number of carboxylic acid groups (broad SMARTS) is 1.